The van der Waals surface area contributed by atoms with E-state index in [2.05, 4.69) is 11.8 Å². The molecular formula is C14H19NO2. The van der Waals surface area contributed by atoms with E-state index < -0.39 is 0 Å². The average Bonchev–Trinajstić information content (AvgIpc) is 2.34. The first-order valence-electron chi connectivity index (χ1n) is 5.62. The fourth-order valence-corrected chi connectivity index (χ4v) is 1.29. The number of hydrogen-bond donors (Lipinski definition) is 1. The van der Waals surface area contributed by atoms with Gasteiger partial charge in [-0.15, -0.1) is 0 Å². The first-order valence-corrected chi connectivity index (χ1v) is 5.62. The van der Waals surface area contributed by atoms with Gasteiger partial charge in [-0.1, -0.05) is 17.9 Å². The zero-order valence-corrected chi connectivity index (χ0v) is 10.6. The van der Waals surface area contributed by atoms with Crippen molar-refractivity contribution in [1.82, 2.24) is 0 Å². The van der Waals surface area contributed by atoms with Gasteiger partial charge in [0.15, 0.2) is 0 Å². The Balaban J connectivity index is 2.82. The maximum Gasteiger partial charge on any atom is 0.135 e. The highest BCUT2D eigenvalue weighted by atomic mass is 16.5. The molecule has 1 unspecified atom stereocenters. The van der Waals surface area contributed by atoms with E-state index in [0.29, 0.717) is 13.2 Å². The maximum atomic E-state index is 5.67. The summed E-state index contributed by atoms with van der Waals surface area (Å²) >= 11 is 0. The van der Waals surface area contributed by atoms with Crippen LogP contribution in [0.5, 0.6) is 5.75 Å². The van der Waals surface area contributed by atoms with Crippen LogP contribution in [0.2, 0.25) is 0 Å². The highest BCUT2D eigenvalue weighted by Crippen LogP contribution is 2.19. The molecule has 0 saturated heterocycles. The molecule has 0 radical (unpaired) electrons. The van der Waals surface area contributed by atoms with E-state index in [9.17, 15) is 0 Å². The molecule has 17 heavy (non-hydrogen) atoms. The average molecular weight is 233 g/mol. The molecule has 3 heteroatoms. The van der Waals surface area contributed by atoms with Crippen molar-refractivity contribution in [2.75, 3.05) is 20.3 Å². The second kappa shape index (κ2) is 6.95. The third-order valence-corrected chi connectivity index (χ3v) is 2.34. The molecule has 0 saturated carbocycles. The fraction of sp³-hybridized carbons (Fsp3) is 0.429. The number of nitrogens with two attached hydrogens (primary N) is 1. The molecule has 1 rings (SSSR count). The molecule has 92 valence electrons. The zero-order chi connectivity index (χ0) is 12.7. The Labute approximate surface area is 103 Å². The molecule has 1 aromatic rings. The Bertz CT molecular complexity index is 418. The van der Waals surface area contributed by atoms with Crippen LogP contribution in [-0.4, -0.2) is 26.4 Å². The van der Waals surface area contributed by atoms with Crippen molar-refractivity contribution in [2.45, 2.75) is 20.0 Å². The van der Waals surface area contributed by atoms with Gasteiger partial charge in [-0.05, 0) is 31.5 Å². The lowest BCUT2D eigenvalue weighted by Gasteiger charge is -2.13. The monoisotopic (exact) mass is 233 g/mol. The van der Waals surface area contributed by atoms with E-state index >= 15 is 0 Å². The van der Waals surface area contributed by atoms with Crippen molar-refractivity contribution in [3.05, 3.63) is 29.3 Å². The van der Waals surface area contributed by atoms with Gasteiger partial charge in [0.25, 0.3) is 0 Å². The normalized spacial score (nSPS) is 11.5. The number of rotatable bonds is 4. The van der Waals surface area contributed by atoms with Crippen molar-refractivity contribution < 1.29 is 9.47 Å². The Morgan fingerprint density at radius 2 is 2.18 bits per heavy atom. The quantitative estimate of drug-likeness (QED) is 0.805. The van der Waals surface area contributed by atoms with Crippen LogP contribution in [-0.2, 0) is 4.74 Å². The third kappa shape index (κ3) is 4.48. The minimum atomic E-state index is 0.0617. The fourth-order valence-electron chi connectivity index (χ4n) is 1.29. The van der Waals surface area contributed by atoms with Crippen LogP contribution in [0, 0.1) is 18.8 Å². The molecule has 2 N–H and O–H groups in total. The summed E-state index contributed by atoms with van der Waals surface area (Å²) in [5, 5.41) is 0. The summed E-state index contributed by atoms with van der Waals surface area (Å²) in [6.07, 6.45) is 0.0617. The minimum absolute atomic E-state index is 0.0617. The Morgan fingerprint density at radius 1 is 1.41 bits per heavy atom. The van der Waals surface area contributed by atoms with Crippen LogP contribution in [0.15, 0.2) is 18.2 Å². The lowest BCUT2D eigenvalue weighted by Crippen LogP contribution is -2.16. The first kappa shape index (κ1) is 13.6. The van der Waals surface area contributed by atoms with Gasteiger partial charge in [0.2, 0.25) is 0 Å². The van der Waals surface area contributed by atoms with Gasteiger partial charge in [-0.2, -0.15) is 0 Å². The maximum absolute atomic E-state index is 5.67. The standard InChI is InChI=1S/C14H19NO2/c1-11-6-7-14(17-10-12(2)16-3)13(9-11)5-4-8-15/h6-7,9,12H,8,10,15H2,1-3H3. The molecular weight excluding hydrogens is 214 g/mol. The van der Waals surface area contributed by atoms with Gasteiger partial charge in [-0.3, -0.25) is 0 Å². The summed E-state index contributed by atoms with van der Waals surface area (Å²) in [6, 6.07) is 5.92. The van der Waals surface area contributed by atoms with E-state index in [4.69, 9.17) is 15.2 Å². The van der Waals surface area contributed by atoms with Crippen LogP contribution in [0.25, 0.3) is 0 Å². The first-order chi connectivity index (χ1) is 8.17. The Hall–Kier alpha value is -1.50. The molecule has 0 heterocycles. The summed E-state index contributed by atoms with van der Waals surface area (Å²) in [5.74, 6) is 6.63. The number of methoxy groups -OCH3 is 1. The molecule has 1 atom stereocenters. The van der Waals surface area contributed by atoms with Gasteiger partial charge >= 0.3 is 0 Å². The molecule has 0 fully saturated rings. The summed E-state index contributed by atoms with van der Waals surface area (Å²) in [7, 11) is 1.66. The Morgan fingerprint density at radius 3 is 2.82 bits per heavy atom. The van der Waals surface area contributed by atoms with Crippen LogP contribution >= 0.6 is 0 Å². The van der Waals surface area contributed by atoms with Gasteiger partial charge in [-0.25, -0.2) is 0 Å². The number of benzene rings is 1. The smallest absolute Gasteiger partial charge is 0.135 e. The van der Waals surface area contributed by atoms with Crippen LogP contribution in [0.3, 0.4) is 0 Å². The second-order valence-electron chi connectivity index (χ2n) is 3.86. The molecule has 3 nitrogen and oxygen atoms in total. The van der Waals surface area contributed by atoms with Gasteiger partial charge in [0.05, 0.1) is 18.2 Å². The number of ether oxygens (including phenoxy) is 2. The van der Waals surface area contributed by atoms with Crippen molar-refractivity contribution in [3.8, 4) is 17.6 Å². The molecule has 0 aliphatic carbocycles. The zero-order valence-electron chi connectivity index (χ0n) is 10.6. The van der Waals surface area contributed by atoms with E-state index in [1.54, 1.807) is 7.11 Å². The highest BCUT2D eigenvalue weighted by molar-refractivity contribution is 5.48. The van der Waals surface area contributed by atoms with E-state index in [0.717, 1.165) is 16.9 Å². The molecule has 0 bridgehead atoms. The van der Waals surface area contributed by atoms with Gasteiger partial charge < -0.3 is 15.2 Å². The van der Waals surface area contributed by atoms with Crippen LogP contribution in [0.4, 0.5) is 0 Å². The van der Waals surface area contributed by atoms with Crippen LogP contribution < -0.4 is 10.5 Å². The summed E-state index contributed by atoms with van der Waals surface area (Å²) in [6.45, 7) is 4.84. The number of aryl methyl sites for hydroxylation is 1. The largest absolute Gasteiger partial charge is 0.490 e. The highest BCUT2D eigenvalue weighted by Gasteiger charge is 2.05. The summed E-state index contributed by atoms with van der Waals surface area (Å²) < 4.78 is 10.8. The molecule has 0 aliphatic rings. The van der Waals surface area contributed by atoms with Crippen LogP contribution in [0.1, 0.15) is 18.1 Å². The molecule has 0 aromatic heterocycles. The molecule has 0 aliphatic heterocycles. The predicted molar refractivity (Wildman–Crippen MR) is 69.1 cm³/mol. The summed E-state index contributed by atoms with van der Waals surface area (Å²) in [5.41, 5.74) is 7.40. The second-order valence-corrected chi connectivity index (χ2v) is 3.86. The van der Waals surface area contributed by atoms with Crippen molar-refractivity contribution in [3.63, 3.8) is 0 Å². The summed E-state index contributed by atoms with van der Waals surface area (Å²) in [4.78, 5) is 0. The minimum Gasteiger partial charge on any atom is -0.490 e. The molecule has 0 amide bonds. The predicted octanol–water partition coefficient (Wildman–Crippen LogP) is 1.72. The Kier molecular flexibility index (Phi) is 5.55. The van der Waals surface area contributed by atoms with Gasteiger partial charge in [0, 0.05) is 7.11 Å². The van der Waals surface area contributed by atoms with E-state index in [1.165, 1.54) is 0 Å². The number of hydrogen-bond acceptors (Lipinski definition) is 3. The SMILES string of the molecule is COC(C)COc1ccc(C)cc1C#CCN. The van der Waals surface area contributed by atoms with Gasteiger partial charge in [0.1, 0.15) is 12.4 Å². The molecule has 1 aromatic carbocycles. The third-order valence-electron chi connectivity index (χ3n) is 2.34. The van der Waals surface area contributed by atoms with E-state index in [-0.39, 0.29) is 6.10 Å². The topological polar surface area (TPSA) is 44.5 Å². The van der Waals surface area contributed by atoms with Crippen molar-refractivity contribution in [2.24, 2.45) is 5.73 Å². The van der Waals surface area contributed by atoms with E-state index in [1.807, 2.05) is 32.0 Å². The van der Waals surface area contributed by atoms with Crippen molar-refractivity contribution in [1.29, 1.82) is 0 Å². The van der Waals surface area contributed by atoms with Crippen molar-refractivity contribution >= 4 is 0 Å². The lowest BCUT2D eigenvalue weighted by atomic mass is 10.1. The molecule has 0 spiro atoms. The lowest BCUT2D eigenvalue weighted by molar-refractivity contribution is 0.0716.